The van der Waals surface area contributed by atoms with E-state index in [1.54, 1.807) is 24.7 Å². The third-order valence-corrected chi connectivity index (χ3v) is 5.97. The van der Waals surface area contributed by atoms with Crippen LogP contribution in [0.4, 0.5) is 0 Å². The number of ether oxygens (including phenoxy) is 2. The summed E-state index contributed by atoms with van der Waals surface area (Å²) in [5.74, 6) is 1.76. The molecule has 0 unspecified atom stereocenters. The van der Waals surface area contributed by atoms with E-state index in [-0.39, 0.29) is 5.56 Å². The fourth-order valence-corrected chi connectivity index (χ4v) is 4.22. The first-order chi connectivity index (χ1) is 14.1. The summed E-state index contributed by atoms with van der Waals surface area (Å²) in [5.41, 5.74) is 3.23. The van der Waals surface area contributed by atoms with Gasteiger partial charge in [0.05, 0.1) is 19.9 Å². The Hall–Kier alpha value is -2.86. The molecule has 0 aliphatic heterocycles. The van der Waals surface area contributed by atoms with Crippen LogP contribution >= 0.6 is 0 Å². The molecule has 0 atom stereocenters. The maximum Gasteiger partial charge on any atom is 0.258 e. The summed E-state index contributed by atoms with van der Waals surface area (Å²) in [6.07, 6.45) is 6.59. The maximum absolute atomic E-state index is 12.8. The Kier molecular flexibility index (Phi) is 5.53. The van der Waals surface area contributed by atoms with E-state index in [2.05, 4.69) is 11.4 Å². The van der Waals surface area contributed by atoms with Gasteiger partial charge in [-0.1, -0.05) is 6.07 Å². The molecule has 29 heavy (non-hydrogen) atoms. The summed E-state index contributed by atoms with van der Waals surface area (Å²) in [6, 6.07) is 11.8. The number of nitrogens with one attached hydrogen (secondary N) is 1. The highest BCUT2D eigenvalue weighted by Crippen LogP contribution is 2.33. The largest absolute Gasteiger partial charge is 0.493 e. The molecule has 1 aliphatic rings. The summed E-state index contributed by atoms with van der Waals surface area (Å²) >= 11 is 0. The Bertz CT molecular complexity index is 1070. The number of fused-ring (bicyclic) bond motifs is 1. The van der Waals surface area contributed by atoms with Crippen molar-refractivity contribution in [2.24, 2.45) is 0 Å². The van der Waals surface area contributed by atoms with Gasteiger partial charge in [-0.25, -0.2) is 4.98 Å². The van der Waals surface area contributed by atoms with Crippen LogP contribution in [0.2, 0.25) is 0 Å². The summed E-state index contributed by atoms with van der Waals surface area (Å²) in [7, 11) is 5.22. The van der Waals surface area contributed by atoms with Gasteiger partial charge in [-0.15, -0.1) is 0 Å². The van der Waals surface area contributed by atoms with E-state index in [9.17, 15) is 4.79 Å². The minimum atomic E-state index is -0.0782. The second kappa shape index (κ2) is 8.25. The lowest BCUT2D eigenvalue weighted by Gasteiger charge is -2.28. The fraction of sp³-hybridized carbons (Fsp3) is 0.391. The van der Waals surface area contributed by atoms with Crippen molar-refractivity contribution in [2.75, 3.05) is 21.3 Å². The second-order valence-corrected chi connectivity index (χ2v) is 7.58. The Labute approximate surface area is 170 Å². The molecule has 1 N–H and O–H groups in total. The quantitative estimate of drug-likeness (QED) is 0.717. The maximum atomic E-state index is 12.8. The van der Waals surface area contributed by atoms with Gasteiger partial charge in [-0.2, -0.15) is 0 Å². The first kappa shape index (κ1) is 19.5. The van der Waals surface area contributed by atoms with Crippen molar-refractivity contribution < 1.29 is 9.47 Å². The van der Waals surface area contributed by atoms with Crippen molar-refractivity contribution in [2.45, 2.75) is 37.6 Å². The van der Waals surface area contributed by atoms with Crippen LogP contribution in [0.3, 0.4) is 0 Å². The molecule has 0 spiro atoms. The predicted molar refractivity (Wildman–Crippen MR) is 114 cm³/mol. The molecule has 1 aliphatic carbocycles. The summed E-state index contributed by atoms with van der Waals surface area (Å²) < 4.78 is 12.3. The van der Waals surface area contributed by atoms with Crippen molar-refractivity contribution in [3.05, 3.63) is 58.5 Å². The van der Waals surface area contributed by atoms with E-state index in [0.717, 1.165) is 18.4 Å². The topological polar surface area (TPSA) is 64.9 Å². The molecular weight excluding hydrogens is 366 g/mol. The lowest BCUT2D eigenvalue weighted by Crippen LogP contribution is -2.29. The van der Waals surface area contributed by atoms with E-state index >= 15 is 0 Å². The zero-order valence-corrected chi connectivity index (χ0v) is 17.1. The van der Waals surface area contributed by atoms with E-state index in [4.69, 9.17) is 14.5 Å². The van der Waals surface area contributed by atoms with Crippen molar-refractivity contribution in [3.63, 3.8) is 0 Å². The number of aromatic nitrogens is 2. The average molecular weight is 393 g/mol. The number of hydrogen-bond acceptors (Lipinski definition) is 5. The van der Waals surface area contributed by atoms with Crippen LogP contribution in [0.1, 0.15) is 37.2 Å². The molecule has 2 heterocycles. The minimum absolute atomic E-state index is 0.0782. The standard InChI is InChI=1S/C23H27N3O3/c1-24-18-8-4-15(5-9-18)17-7-11-22-25-19(13-23(27)26(22)14-17)16-6-10-20(28-2)21(12-16)29-3/h6-7,10-15,18,24H,4-5,8-9H2,1-3H3. The highest BCUT2D eigenvalue weighted by atomic mass is 16.5. The fourth-order valence-electron chi connectivity index (χ4n) is 4.22. The number of nitrogens with zero attached hydrogens (tertiary/aromatic N) is 2. The Balaban J connectivity index is 1.67. The van der Waals surface area contributed by atoms with Crippen molar-refractivity contribution >= 4 is 5.65 Å². The average Bonchev–Trinajstić information content (AvgIpc) is 2.78. The van der Waals surface area contributed by atoms with Gasteiger partial charge in [0.1, 0.15) is 5.65 Å². The van der Waals surface area contributed by atoms with Gasteiger partial charge in [0, 0.05) is 23.9 Å². The smallest absolute Gasteiger partial charge is 0.258 e. The van der Waals surface area contributed by atoms with Crippen LogP contribution in [0.25, 0.3) is 16.9 Å². The van der Waals surface area contributed by atoms with Crippen LogP contribution in [0.15, 0.2) is 47.4 Å². The van der Waals surface area contributed by atoms with Crippen molar-refractivity contribution in [3.8, 4) is 22.8 Å². The third-order valence-electron chi connectivity index (χ3n) is 5.97. The lowest BCUT2D eigenvalue weighted by atomic mass is 9.82. The summed E-state index contributed by atoms with van der Waals surface area (Å²) in [4.78, 5) is 17.5. The van der Waals surface area contributed by atoms with Crippen molar-refractivity contribution in [1.82, 2.24) is 14.7 Å². The highest BCUT2D eigenvalue weighted by molar-refractivity contribution is 5.65. The number of rotatable bonds is 5. The van der Waals surface area contributed by atoms with E-state index < -0.39 is 0 Å². The Morgan fingerprint density at radius 3 is 2.45 bits per heavy atom. The SMILES string of the molecule is CNC1CCC(c2ccc3nc(-c4ccc(OC)c(OC)c4)cc(=O)n3c2)CC1. The zero-order chi connectivity index (χ0) is 20.4. The van der Waals surface area contributed by atoms with Crippen LogP contribution in [0.5, 0.6) is 11.5 Å². The molecule has 3 aromatic rings. The molecule has 1 fully saturated rings. The number of hydrogen-bond donors (Lipinski definition) is 1. The molecule has 6 heteroatoms. The number of methoxy groups -OCH3 is 2. The third kappa shape index (κ3) is 3.85. The van der Waals surface area contributed by atoms with Crippen LogP contribution in [0, 0.1) is 0 Å². The minimum Gasteiger partial charge on any atom is -0.493 e. The first-order valence-electron chi connectivity index (χ1n) is 10.1. The van der Waals surface area contributed by atoms with Crippen LogP contribution in [-0.4, -0.2) is 36.7 Å². The molecule has 4 rings (SSSR count). The molecule has 0 bridgehead atoms. The second-order valence-electron chi connectivity index (χ2n) is 7.58. The van der Waals surface area contributed by atoms with Gasteiger partial charge >= 0.3 is 0 Å². The molecule has 152 valence electrons. The van der Waals surface area contributed by atoms with Crippen LogP contribution in [-0.2, 0) is 0 Å². The molecule has 1 aromatic carbocycles. The monoisotopic (exact) mass is 393 g/mol. The summed E-state index contributed by atoms with van der Waals surface area (Å²) in [6.45, 7) is 0. The van der Waals surface area contributed by atoms with Gasteiger partial charge in [-0.3, -0.25) is 9.20 Å². The lowest BCUT2D eigenvalue weighted by molar-refractivity contribution is 0.355. The van der Waals surface area contributed by atoms with Crippen LogP contribution < -0.4 is 20.3 Å². The predicted octanol–water partition coefficient (Wildman–Crippen LogP) is 3.62. The van der Waals surface area contributed by atoms with E-state index in [1.165, 1.54) is 18.4 Å². The highest BCUT2D eigenvalue weighted by Gasteiger charge is 2.21. The molecule has 2 aromatic heterocycles. The van der Waals surface area contributed by atoms with Gasteiger partial charge in [0.25, 0.3) is 5.56 Å². The van der Waals surface area contributed by atoms with Gasteiger partial charge in [0.2, 0.25) is 0 Å². The molecule has 0 amide bonds. The van der Waals surface area contributed by atoms with Gasteiger partial charge in [-0.05, 0) is 68.5 Å². The van der Waals surface area contributed by atoms with Crippen molar-refractivity contribution in [1.29, 1.82) is 0 Å². The zero-order valence-electron chi connectivity index (χ0n) is 17.1. The Morgan fingerprint density at radius 2 is 1.76 bits per heavy atom. The van der Waals surface area contributed by atoms with E-state index in [0.29, 0.717) is 34.8 Å². The molecule has 1 saturated carbocycles. The molecule has 0 saturated heterocycles. The van der Waals surface area contributed by atoms with Gasteiger partial charge in [0.15, 0.2) is 11.5 Å². The van der Waals surface area contributed by atoms with Gasteiger partial charge < -0.3 is 14.8 Å². The number of pyridine rings is 1. The Morgan fingerprint density at radius 1 is 1.00 bits per heavy atom. The molecule has 0 radical (unpaired) electrons. The normalized spacial score (nSPS) is 19.3. The summed E-state index contributed by atoms with van der Waals surface area (Å²) in [5, 5.41) is 3.37. The number of benzene rings is 1. The molecular formula is C23H27N3O3. The first-order valence-corrected chi connectivity index (χ1v) is 10.1. The molecule has 6 nitrogen and oxygen atoms in total. The van der Waals surface area contributed by atoms with E-state index in [1.807, 2.05) is 37.5 Å².